The summed E-state index contributed by atoms with van der Waals surface area (Å²) in [7, 11) is 5.80. The van der Waals surface area contributed by atoms with Gasteiger partial charge in [-0.2, -0.15) is 5.10 Å². The molecule has 16 heavy (non-hydrogen) atoms. The van der Waals surface area contributed by atoms with Crippen molar-refractivity contribution in [3.63, 3.8) is 0 Å². The van der Waals surface area contributed by atoms with E-state index >= 15 is 0 Å². The zero-order chi connectivity index (χ0) is 12.3. The molecule has 0 saturated heterocycles. The van der Waals surface area contributed by atoms with Gasteiger partial charge < -0.3 is 10.2 Å². The zero-order valence-electron chi connectivity index (χ0n) is 10.7. The van der Waals surface area contributed by atoms with Crippen molar-refractivity contribution in [2.24, 2.45) is 7.05 Å². The number of carbonyl (C=O) groups excluding carboxylic acids is 1. The number of hydrogen-bond acceptors (Lipinski definition) is 3. The van der Waals surface area contributed by atoms with Gasteiger partial charge in [0.15, 0.2) is 0 Å². The summed E-state index contributed by atoms with van der Waals surface area (Å²) in [5.41, 5.74) is 2.38. The molecule has 5 nitrogen and oxygen atoms in total. The molecule has 0 saturated carbocycles. The summed E-state index contributed by atoms with van der Waals surface area (Å²) < 4.78 is 1.73. The molecule has 90 valence electrons. The zero-order valence-corrected chi connectivity index (χ0v) is 10.7. The fourth-order valence-corrected chi connectivity index (χ4v) is 1.58. The van der Waals surface area contributed by atoms with Crippen LogP contribution < -0.4 is 5.32 Å². The van der Waals surface area contributed by atoms with Gasteiger partial charge >= 0.3 is 0 Å². The quantitative estimate of drug-likeness (QED) is 0.801. The summed E-state index contributed by atoms with van der Waals surface area (Å²) in [5.74, 6) is -0.0371. The van der Waals surface area contributed by atoms with Gasteiger partial charge in [0.25, 0.3) is 5.91 Å². The Morgan fingerprint density at radius 3 is 2.50 bits per heavy atom. The van der Waals surface area contributed by atoms with E-state index in [1.54, 1.807) is 4.68 Å². The standard InChI is InChI=1S/C11H20N4O/c1-8-10(9(2)15(5)13-8)11(16)12-6-7-14(3)4/h6-7H2,1-5H3,(H,12,16). The van der Waals surface area contributed by atoms with Crippen LogP contribution in [0.15, 0.2) is 0 Å². The molecule has 0 bridgehead atoms. The lowest BCUT2D eigenvalue weighted by Gasteiger charge is -2.10. The van der Waals surface area contributed by atoms with E-state index in [1.807, 2.05) is 39.9 Å². The van der Waals surface area contributed by atoms with E-state index in [0.717, 1.165) is 17.9 Å². The molecule has 1 N–H and O–H groups in total. The molecule has 0 atom stereocenters. The number of rotatable bonds is 4. The minimum atomic E-state index is -0.0371. The molecular weight excluding hydrogens is 204 g/mol. The predicted molar refractivity (Wildman–Crippen MR) is 63.6 cm³/mol. The minimum absolute atomic E-state index is 0.0371. The van der Waals surface area contributed by atoms with E-state index in [-0.39, 0.29) is 5.91 Å². The monoisotopic (exact) mass is 224 g/mol. The Balaban J connectivity index is 2.66. The smallest absolute Gasteiger partial charge is 0.255 e. The third-order valence-electron chi connectivity index (χ3n) is 2.58. The van der Waals surface area contributed by atoms with Crippen LogP contribution in [-0.2, 0) is 7.05 Å². The molecule has 1 aromatic heterocycles. The van der Waals surface area contributed by atoms with Crippen molar-refractivity contribution in [2.45, 2.75) is 13.8 Å². The van der Waals surface area contributed by atoms with Crippen LogP contribution in [0.2, 0.25) is 0 Å². The molecule has 1 rings (SSSR count). The Hall–Kier alpha value is -1.36. The number of likely N-dealkylation sites (N-methyl/N-ethyl adjacent to an activating group) is 1. The van der Waals surface area contributed by atoms with Gasteiger partial charge in [-0.15, -0.1) is 0 Å². The van der Waals surface area contributed by atoms with Crippen molar-refractivity contribution in [3.05, 3.63) is 17.0 Å². The molecule has 0 spiro atoms. The van der Waals surface area contributed by atoms with Crippen LogP contribution in [0.4, 0.5) is 0 Å². The van der Waals surface area contributed by atoms with Crippen LogP contribution >= 0.6 is 0 Å². The predicted octanol–water partition coefficient (Wildman–Crippen LogP) is 0.328. The van der Waals surface area contributed by atoms with Gasteiger partial charge in [0.2, 0.25) is 0 Å². The van der Waals surface area contributed by atoms with Gasteiger partial charge in [0.05, 0.1) is 11.3 Å². The van der Waals surface area contributed by atoms with Crippen LogP contribution in [0.5, 0.6) is 0 Å². The number of nitrogens with zero attached hydrogens (tertiary/aromatic N) is 3. The highest BCUT2D eigenvalue weighted by atomic mass is 16.1. The maximum absolute atomic E-state index is 11.9. The second-order valence-corrected chi connectivity index (χ2v) is 4.23. The van der Waals surface area contributed by atoms with Gasteiger partial charge in [-0.25, -0.2) is 0 Å². The average Bonchev–Trinajstić information content (AvgIpc) is 2.40. The summed E-state index contributed by atoms with van der Waals surface area (Å²) in [6, 6.07) is 0. The number of hydrogen-bond donors (Lipinski definition) is 1. The fraction of sp³-hybridized carbons (Fsp3) is 0.636. The molecule has 1 aromatic rings. The molecular formula is C11H20N4O. The van der Waals surface area contributed by atoms with Crippen LogP contribution in [0, 0.1) is 13.8 Å². The number of amides is 1. The molecule has 1 amide bonds. The largest absolute Gasteiger partial charge is 0.351 e. The Bertz CT molecular complexity index is 382. The second kappa shape index (κ2) is 5.12. The number of nitrogens with one attached hydrogen (secondary N) is 1. The van der Waals surface area contributed by atoms with E-state index in [2.05, 4.69) is 10.4 Å². The maximum atomic E-state index is 11.9. The highest BCUT2D eigenvalue weighted by Gasteiger charge is 2.16. The van der Waals surface area contributed by atoms with Gasteiger partial charge in [0.1, 0.15) is 0 Å². The molecule has 0 aliphatic rings. The lowest BCUT2D eigenvalue weighted by atomic mass is 10.2. The normalized spacial score (nSPS) is 10.9. The van der Waals surface area contributed by atoms with Crippen LogP contribution in [-0.4, -0.2) is 47.8 Å². The molecule has 0 aliphatic heterocycles. The Labute approximate surface area is 96.4 Å². The third-order valence-corrected chi connectivity index (χ3v) is 2.58. The summed E-state index contributed by atoms with van der Waals surface area (Å²) in [5, 5.41) is 7.11. The van der Waals surface area contributed by atoms with E-state index in [9.17, 15) is 4.79 Å². The van der Waals surface area contributed by atoms with E-state index in [1.165, 1.54) is 0 Å². The van der Waals surface area contributed by atoms with Crippen LogP contribution in [0.3, 0.4) is 0 Å². The molecule has 0 unspecified atom stereocenters. The lowest BCUT2D eigenvalue weighted by molar-refractivity contribution is 0.0949. The lowest BCUT2D eigenvalue weighted by Crippen LogP contribution is -2.31. The van der Waals surface area contributed by atoms with Gasteiger partial charge in [0, 0.05) is 25.8 Å². The van der Waals surface area contributed by atoms with E-state index < -0.39 is 0 Å². The maximum Gasteiger partial charge on any atom is 0.255 e. The summed E-state index contributed by atoms with van der Waals surface area (Å²) in [4.78, 5) is 13.9. The SMILES string of the molecule is Cc1nn(C)c(C)c1C(=O)NCCN(C)C. The summed E-state index contributed by atoms with van der Waals surface area (Å²) >= 11 is 0. The summed E-state index contributed by atoms with van der Waals surface area (Å²) in [6.45, 7) is 5.25. The first-order valence-electron chi connectivity index (χ1n) is 5.36. The van der Waals surface area contributed by atoms with Crippen molar-refractivity contribution in [3.8, 4) is 0 Å². The topological polar surface area (TPSA) is 50.2 Å². The van der Waals surface area contributed by atoms with Crippen molar-refractivity contribution in [1.82, 2.24) is 20.0 Å². The first kappa shape index (κ1) is 12.7. The number of aromatic nitrogens is 2. The molecule has 0 aromatic carbocycles. The fourth-order valence-electron chi connectivity index (χ4n) is 1.58. The number of carbonyl (C=O) groups is 1. The first-order valence-corrected chi connectivity index (χ1v) is 5.36. The summed E-state index contributed by atoms with van der Waals surface area (Å²) in [6.07, 6.45) is 0. The molecule has 0 radical (unpaired) electrons. The van der Waals surface area contributed by atoms with Crippen molar-refractivity contribution in [1.29, 1.82) is 0 Å². The third kappa shape index (κ3) is 2.82. The molecule has 0 fully saturated rings. The minimum Gasteiger partial charge on any atom is -0.351 e. The highest BCUT2D eigenvalue weighted by Crippen LogP contribution is 2.11. The van der Waals surface area contributed by atoms with Gasteiger partial charge in [-0.3, -0.25) is 9.48 Å². The van der Waals surface area contributed by atoms with Gasteiger partial charge in [-0.1, -0.05) is 0 Å². The van der Waals surface area contributed by atoms with Crippen molar-refractivity contribution in [2.75, 3.05) is 27.2 Å². The highest BCUT2D eigenvalue weighted by molar-refractivity contribution is 5.96. The number of aryl methyl sites for hydroxylation is 2. The van der Waals surface area contributed by atoms with E-state index in [0.29, 0.717) is 12.1 Å². The Morgan fingerprint density at radius 2 is 2.06 bits per heavy atom. The molecule has 1 heterocycles. The average molecular weight is 224 g/mol. The van der Waals surface area contributed by atoms with Gasteiger partial charge in [-0.05, 0) is 27.9 Å². The first-order chi connectivity index (χ1) is 7.43. The Morgan fingerprint density at radius 1 is 1.44 bits per heavy atom. The molecule has 0 aliphatic carbocycles. The Kier molecular flexibility index (Phi) is 4.06. The van der Waals surface area contributed by atoms with Crippen molar-refractivity contribution >= 4 is 5.91 Å². The van der Waals surface area contributed by atoms with Crippen LogP contribution in [0.1, 0.15) is 21.7 Å². The van der Waals surface area contributed by atoms with Crippen molar-refractivity contribution < 1.29 is 4.79 Å². The molecule has 5 heteroatoms. The van der Waals surface area contributed by atoms with Crippen LogP contribution in [0.25, 0.3) is 0 Å². The second-order valence-electron chi connectivity index (χ2n) is 4.23. The van der Waals surface area contributed by atoms with E-state index in [4.69, 9.17) is 0 Å².